The highest BCUT2D eigenvalue weighted by atomic mass is 79.9. The van der Waals surface area contributed by atoms with Crippen LogP contribution in [0.5, 0.6) is 0 Å². The Hall–Kier alpha value is -0.910. The number of anilines is 1. The number of rotatable bonds is 4. The van der Waals surface area contributed by atoms with Gasteiger partial charge in [-0.05, 0) is 40.2 Å². The normalized spacial score (nSPS) is 10.2. The van der Waals surface area contributed by atoms with Crippen molar-refractivity contribution in [2.24, 2.45) is 5.73 Å². The fraction of sp³-hybridized carbons (Fsp3) is 0.0833. The van der Waals surface area contributed by atoms with E-state index in [-0.39, 0.29) is 0 Å². The lowest BCUT2D eigenvalue weighted by molar-refractivity contribution is 1.19. The van der Waals surface area contributed by atoms with Gasteiger partial charge in [0.1, 0.15) is 4.99 Å². The van der Waals surface area contributed by atoms with Crippen LogP contribution in [0.25, 0.3) is 0 Å². The number of hydrogen-bond donors (Lipinski definition) is 2. The quantitative estimate of drug-likeness (QED) is 0.840. The third-order valence-corrected chi connectivity index (χ3v) is 4.12. The molecule has 88 valence electrons. The summed E-state index contributed by atoms with van der Waals surface area (Å²) in [5.74, 6) is 0. The molecule has 0 atom stereocenters. The van der Waals surface area contributed by atoms with Crippen molar-refractivity contribution < 1.29 is 0 Å². The summed E-state index contributed by atoms with van der Waals surface area (Å²) in [5.41, 5.74) is 7.54. The van der Waals surface area contributed by atoms with Gasteiger partial charge in [-0.15, -0.1) is 11.3 Å². The molecule has 1 aromatic carbocycles. The highest BCUT2D eigenvalue weighted by Gasteiger charge is 2.04. The van der Waals surface area contributed by atoms with E-state index in [1.165, 1.54) is 4.88 Å². The molecule has 0 bridgehead atoms. The lowest BCUT2D eigenvalue weighted by Crippen LogP contribution is -2.12. The van der Waals surface area contributed by atoms with Crippen molar-refractivity contribution in [3.8, 4) is 0 Å². The molecule has 2 aromatic rings. The molecule has 0 aliphatic heterocycles. The monoisotopic (exact) mass is 326 g/mol. The molecule has 3 N–H and O–H groups in total. The van der Waals surface area contributed by atoms with E-state index in [0.29, 0.717) is 4.99 Å². The van der Waals surface area contributed by atoms with Crippen LogP contribution in [-0.4, -0.2) is 4.99 Å². The molecule has 1 heterocycles. The summed E-state index contributed by atoms with van der Waals surface area (Å²) < 4.78 is 1.14. The molecule has 0 radical (unpaired) electrons. The number of nitrogens with one attached hydrogen (secondary N) is 1. The number of para-hydroxylation sites is 1. The van der Waals surface area contributed by atoms with Gasteiger partial charge in [-0.2, -0.15) is 0 Å². The number of thiophene rings is 1. The van der Waals surface area contributed by atoms with Crippen LogP contribution in [-0.2, 0) is 6.54 Å². The summed E-state index contributed by atoms with van der Waals surface area (Å²) in [5, 5.41) is 3.35. The van der Waals surface area contributed by atoms with Crippen LogP contribution >= 0.6 is 39.5 Å². The molecule has 0 aliphatic rings. The lowest BCUT2D eigenvalue weighted by atomic mass is 10.2. The van der Waals surface area contributed by atoms with E-state index in [4.69, 9.17) is 18.0 Å². The van der Waals surface area contributed by atoms with Crippen molar-refractivity contribution in [1.82, 2.24) is 0 Å². The maximum Gasteiger partial charge on any atom is 0.106 e. The standard InChI is InChI=1S/C12H11BrN2S2/c13-11-6-5-8(17-11)7-15-10-4-2-1-3-9(10)12(14)16/h1-6,15H,7H2,(H2,14,16). The summed E-state index contributed by atoms with van der Waals surface area (Å²) in [6, 6.07) is 11.9. The van der Waals surface area contributed by atoms with Crippen molar-refractivity contribution in [1.29, 1.82) is 0 Å². The van der Waals surface area contributed by atoms with Gasteiger partial charge in [0.25, 0.3) is 0 Å². The van der Waals surface area contributed by atoms with Crippen LogP contribution < -0.4 is 11.1 Å². The van der Waals surface area contributed by atoms with E-state index >= 15 is 0 Å². The predicted molar refractivity (Wildman–Crippen MR) is 81.7 cm³/mol. The first-order chi connectivity index (χ1) is 8.16. The van der Waals surface area contributed by atoms with Gasteiger partial charge in [0.05, 0.1) is 3.79 Å². The molecule has 0 spiro atoms. The van der Waals surface area contributed by atoms with E-state index < -0.39 is 0 Å². The molecular formula is C12H11BrN2S2. The minimum atomic E-state index is 0.417. The van der Waals surface area contributed by atoms with E-state index in [2.05, 4.69) is 27.3 Å². The summed E-state index contributed by atoms with van der Waals surface area (Å²) >= 11 is 10.2. The second-order valence-electron chi connectivity index (χ2n) is 3.47. The summed E-state index contributed by atoms with van der Waals surface area (Å²) in [4.78, 5) is 1.68. The van der Waals surface area contributed by atoms with Gasteiger partial charge in [-0.3, -0.25) is 0 Å². The molecule has 2 rings (SSSR count). The van der Waals surface area contributed by atoms with Crippen LogP contribution in [0.2, 0.25) is 0 Å². The maximum atomic E-state index is 5.67. The van der Waals surface area contributed by atoms with Crippen molar-refractivity contribution in [3.63, 3.8) is 0 Å². The highest BCUT2D eigenvalue weighted by molar-refractivity contribution is 9.11. The second-order valence-corrected chi connectivity index (χ2v) is 6.46. The SMILES string of the molecule is NC(=S)c1ccccc1NCc1ccc(Br)s1. The number of hydrogen-bond acceptors (Lipinski definition) is 3. The highest BCUT2D eigenvalue weighted by Crippen LogP contribution is 2.23. The number of halogens is 1. The summed E-state index contributed by atoms with van der Waals surface area (Å²) in [7, 11) is 0. The fourth-order valence-corrected chi connectivity index (χ4v) is 3.08. The van der Waals surface area contributed by atoms with Crippen LogP contribution in [0.3, 0.4) is 0 Å². The van der Waals surface area contributed by atoms with Gasteiger partial charge in [0.15, 0.2) is 0 Å². The Balaban J connectivity index is 2.11. The first-order valence-electron chi connectivity index (χ1n) is 5.04. The second kappa shape index (κ2) is 5.62. The zero-order valence-corrected chi connectivity index (χ0v) is 12.2. The molecule has 2 nitrogen and oxygen atoms in total. The first-order valence-corrected chi connectivity index (χ1v) is 7.05. The topological polar surface area (TPSA) is 38.0 Å². The van der Waals surface area contributed by atoms with Gasteiger partial charge in [-0.1, -0.05) is 24.4 Å². The Morgan fingerprint density at radius 3 is 2.71 bits per heavy atom. The minimum absolute atomic E-state index is 0.417. The first kappa shape index (κ1) is 12.5. The molecule has 0 aliphatic carbocycles. The van der Waals surface area contributed by atoms with Gasteiger partial charge in [0.2, 0.25) is 0 Å². The number of benzene rings is 1. The Morgan fingerprint density at radius 2 is 2.06 bits per heavy atom. The third kappa shape index (κ3) is 3.28. The number of nitrogens with two attached hydrogens (primary N) is 1. The molecule has 0 amide bonds. The van der Waals surface area contributed by atoms with Crippen molar-refractivity contribution in [2.75, 3.05) is 5.32 Å². The Morgan fingerprint density at radius 1 is 1.29 bits per heavy atom. The smallest absolute Gasteiger partial charge is 0.106 e. The van der Waals surface area contributed by atoms with Crippen molar-refractivity contribution in [3.05, 3.63) is 50.6 Å². The largest absolute Gasteiger partial charge is 0.389 e. The average molecular weight is 327 g/mol. The van der Waals surface area contributed by atoms with Gasteiger partial charge in [-0.25, -0.2) is 0 Å². The third-order valence-electron chi connectivity index (χ3n) is 2.27. The van der Waals surface area contributed by atoms with Gasteiger partial charge in [0, 0.05) is 22.7 Å². The summed E-state index contributed by atoms with van der Waals surface area (Å²) in [6.07, 6.45) is 0. The minimum Gasteiger partial charge on any atom is -0.389 e. The molecule has 1 aromatic heterocycles. The fourth-order valence-electron chi connectivity index (χ4n) is 1.48. The molecule has 0 saturated heterocycles. The van der Waals surface area contributed by atoms with Gasteiger partial charge >= 0.3 is 0 Å². The van der Waals surface area contributed by atoms with E-state index in [1.54, 1.807) is 11.3 Å². The van der Waals surface area contributed by atoms with E-state index in [0.717, 1.165) is 21.6 Å². The Labute approximate surface area is 118 Å². The zero-order chi connectivity index (χ0) is 12.3. The van der Waals surface area contributed by atoms with Crippen LogP contribution in [0.1, 0.15) is 10.4 Å². The summed E-state index contributed by atoms with van der Waals surface area (Å²) in [6.45, 7) is 0.774. The maximum absolute atomic E-state index is 5.67. The predicted octanol–water partition coefficient (Wildman–Crippen LogP) is 3.76. The zero-order valence-electron chi connectivity index (χ0n) is 8.94. The van der Waals surface area contributed by atoms with Crippen molar-refractivity contribution in [2.45, 2.75) is 6.54 Å². The average Bonchev–Trinajstić information content (AvgIpc) is 2.73. The van der Waals surface area contributed by atoms with Gasteiger partial charge < -0.3 is 11.1 Å². The molecule has 5 heteroatoms. The Kier molecular flexibility index (Phi) is 4.15. The number of thiocarbonyl (C=S) groups is 1. The lowest BCUT2D eigenvalue weighted by Gasteiger charge is -2.09. The Bertz CT molecular complexity index is 537. The molecule has 0 fully saturated rings. The van der Waals surface area contributed by atoms with E-state index in [1.807, 2.05) is 30.3 Å². The molecule has 0 unspecified atom stereocenters. The van der Waals surface area contributed by atoms with Crippen LogP contribution in [0.4, 0.5) is 5.69 Å². The van der Waals surface area contributed by atoms with Crippen LogP contribution in [0, 0.1) is 0 Å². The molecule has 17 heavy (non-hydrogen) atoms. The molecule has 0 saturated carbocycles. The van der Waals surface area contributed by atoms with Crippen molar-refractivity contribution >= 4 is 50.2 Å². The van der Waals surface area contributed by atoms with Crippen LogP contribution in [0.15, 0.2) is 40.2 Å². The van der Waals surface area contributed by atoms with E-state index in [9.17, 15) is 0 Å². The molecular weight excluding hydrogens is 316 g/mol.